The number of benzene rings is 1. The van der Waals surface area contributed by atoms with Crippen LogP contribution in [0.3, 0.4) is 0 Å². The molecule has 1 amide bonds. The zero-order chi connectivity index (χ0) is 13.6. The van der Waals surface area contributed by atoms with Gasteiger partial charge in [-0.1, -0.05) is 6.07 Å². The highest BCUT2D eigenvalue weighted by molar-refractivity contribution is 5.96. The number of rotatable bonds is 1. The van der Waals surface area contributed by atoms with Crippen LogP contribution in [0.2, 0.25) is 0 Å². The molecule has 2 N–H and O–H groups in total. The molecule has 1 aromatic rings. The summed E-state index contributed by atoms with van der Waals surface area (Å²) in [6.45, 7) is 1.85. The Morgan fingerprint density at radius 1 is 1.32 bits per heavy atom. The standard InChI is InChI=1S/C15H19FN2O/c1-9-2-3-10(16)6-14(9)15(19)18-12-4-5-13(18)8-11(17)7-12/h2-3,6,11-13H,4-5,7-8,17H2,1H3. The first-order valence-electron chi connectivity index (χ1n) is 6.90. The Morgan fingerprint density at radius 3 is 2.58 bits per heavy atom. The van der Waals surface area contributed by atoms with E-state index in [9.17, 15) is 9.18 Å². The Bertz CT molecular complexity index is 503. The fraction of sp³-hybridized carbons (Fsp3) is 0.533. The maximum absolute atomic E-state index is 13.4. The summed E-state index contributed by atoms with van der Waals surface area (Å²) in [6.07, 6.45) is 3.80. The Kier molecular flexibility index (Phi) is 3.05. The zero-order valence-electron chi connectivity index (χ0n) is 11.1. The molecule has 0 spiro atoms. The van der Waals surface area contributed by atoms with Gasteiger partial charge in [-0.15, -0.1) is 0 Å². The van der Waals surface area contributed by atoms with Gasteiger partial charge in [-0.2, -0.15) is 0 Å². The summed E-state index contributed by atoms with van der Waals surface area (Å²) in [5, 5.41) is 0. The molecule has 2 aliphatic rings. The molecule has 2 bridgehead atoms. The van der Waals surface area contributed by atoms with E-state index in [0.29, 0.717) is 5.56 Å². The molecule has 0 saturated carbocycles. The number of fused-ring (bicyclic) bond motifs is 2. The molecular weight excluding hydrogens is 243 g/mol. The van der Waals surface area contributed by atoms with Crippen LogP contribution in [-0.2, 0) is 0 Å². The van der Waals surface area contributed by atoms with Crippen LogP contribution in [0.25, 0.3) is 0 Å². The molecule has 2 saturated heterocycles. The number of nitrogens with zero attached hydrogens (tertiary/aromatic N) is 1. The van der Waals surface area contributed by atoms with Gasteiger partial charge in [-0.3, -0.25) is 4.79 Å². The molecular formula is C15H19FN2O. The molecule has 2 unspecified atom stereocenters. The van der Waals surface area contributed by atoms with Crippen molar-refractivity contribution >= 4 is 5.91 Å². The van der Waals surface area contributed by atoms with Crippen LogP contribution < -0.4 is 5.73 Å². The van der Waals surface area contributed by atoms with Crippen LogP contribution in [0.4, 0.5) is 4.39 Å². The van der Waals surface area contributed by atoms with E-state index < -0.39 is 0 Å². The van der Waals surface area contributed by atoms with Crippen molar-refractivity contribution in [3.63, 3.8) is 0 Å². The van der Waals surface area contributed by atoms with Crippen LogP contribution in [0.5, 0.6) is 0 Å². The lowest BCUT2D eigenvalue weighted by molar-refractivity contribution is 0.0574. The van der Waals surface area contributed by atoms with E-state index in [1.165, 1.54) is 12.1 Å². The van der Waals surface area contributed by atoms with Crippen molar-refractivity contribution in [3.05, 3.63) is 35.1 Å². The molecule has 3 nitrogen and oxygen atoms in total. The van der Waals surface area contributed by atoms with Crippen molar-refractivity contribution in [1.82, 2.24) is 4.90 Å². The molecule has 0 aromatic heterocycles. The van der Waals surface area contributed by atoms with Gasteiger partial charge in [0.15, 0.2) is 0 Å². The number of piperidine rings is 1. The SMILES string of the molecule is Cc1ccc(F)cc1C(=O)N1C2CCC1CC(N)C2. The van der Waals surface area contributed by atoms with Crippen LogP contribution >= 0.6 is 0 Å². The van der Waals surface area contributed by atoms with Crippen molar-refractivity contribution in [2.75, 3.05) is 0 Å². The van der Waals surface area contributed by atoms with Gasteiger partial charge in [-0.05, 0) is 50.3 Å². The average molecular weight is 262 g/mol. The highest BCUT2D eigenvalue weighted by Crippen LogP contribution is 2.36. The van der Waals surface area contributed by atoms with E-state index in [0.717, 1.165) is 31.2 Å². The first-order valence-corrected chi connectivity index (χ1v) is 6.90. The van der Waals surface area contributed by atoms with Crippen LogP contribution in [0.1, 0.15) is 41.6 Å². The highest BCUT2D eigenvalue weighted by atomic mass is 19.1. The maximum atomic E-state index is 13.4. The van der Waals surface area contributed by atoms with Gasteiger partial charge in [-0.25, -0.2) is 4.39 Å². The number of aryl methyl sites for hydroxylation is 1. The summed E-state index contributed by atoms with van der Waals surface area (Å²) in [7, 11) is 0. The fourth-order valence-corrected chi connectivity index (χ4v) is 3.51. The molecule has 2 heterocycles. The lowest BCUT2D eigenvalue weighted by atomic mass is 9.96. The summed E-state index contributed by atoms with van der Waals surface area (Å²) >= 11 is 0. The van der Waals surface area contributed by atoms with Crippen molar-refractivity contribution in [2.45, 2.75) is 50.7 Å². The van der Waals surface area contributed by atoms with E-state index in [1.54, 1.807) is 6.07 Å². The van der Waals surface area contributed by atoms with Gasteiger partial charge in [0.05, 0.1) is 0 Å². The molecule has 4 heteroatoms. The van der Waals surface area contributed by atoms with Crippen molar-refractivity contribution in [2.24, 2.45) is 5.73 Å². The molecule has 19 heavy (non-hydrogen) atoms. The van der Waals surface area contributed by atoms with Crippen molar-refractivity contribution < 1.29 is 9.18 Å². The Labute approximate surface area is 112 Å². The van der Waals surface area contributed by atoms with Gasteiger partial charge in [0.2, 0.25) is 0 Å². The van der Waals surface area contributed by atoms with E-state index in [2.05, 4.69) is 0 Å². The van der Waals surface area contributed by atoms with E-state index in [-0.39, 0.29) is 29.8 Å². The van der Waals surface area contributed by atoms with Crippen molar-refractivity contribution in [1.29, 1.82) is 0 Å². The largest absolute Gasteiger partial charge is 0.333 e. The topological polar surface area (TPSA) is 46.3 Å². The van der Waals surface area contributed by atoms with Gasteiger partial charge >= 0.3 is 0 Å². The molecule has 2 atom stereocenters. The average Bonchev–Trinajstić information content (AvgIpc) is 2.64. The van der Waals surface area contributed by atoms with E-state index in [1.807, 2.05) is 11.8 Å². The molecule has 102 valence electrons. The quantitative estimate of drug-likeness (QED) is 0.843. The van der Waals surface area contributed by atoms with Crippen LogP contribution in [-0.4, -0.2) is 28.9 Å². The molecule has 0 aliphatic carbocycles. The maximum Gasteiger partial charge on any atom is 0.254 e. The summed E-state index contributed by atoms with van der Waals surface area (Å²) in [5.74, 6) is -0.383. The molecule has 1 aromatic carbocycles. The van der Waals surface area contributed by atoms with Gasteiger partial charge in [0.1, 0.15) is 5.82 Å². The van der Waals surface area contributed by atoms with Crippen molar-refractivity contribution in [3.8, 4) is 0 Å². The number of nitrogens with two attached hydrogens (primary N) is 1. The Balaban J connectivity index is 1.90. The molecule has 0 radical (unpaired) electrons. The normalized spacial score (nSPS) is 29.6. The highest BCUT2D eigenvalue weighted by Gasteiger charge is 2.42. The predicted molar refractivity (Wildman–Crippen MR) is 71.3 cm³/mol. The number of hydrogen-bond acceptors (Lipinski definition) is 2. The summed E-state index contributed by atoms with van der Waals surface area (Å²) in [6, 6.07) is 5.10. The molecule has 3 rings (SSSR count). The third kappa shape index (κ3) is 2.14. The number of amides is 1. The van der Waals surface area contributed by atoms with Gasteiger partial charge in [0.25, 0.3) is 5.91 Å². The summed E-state index contributed by atoms with van der Waals surface area (Å²) in [4.78, 5) is 14.6. The van der Waals surface area contributed by atoms with Crippen LogP contribution in [0.15, 0.2) is 18.2 Å². The monoisotopic (exact) mass is 262 g/mol. The second-order valence-electron chi connectivity index (χ2n) is 5.79. The minimum absolute atomic E-state index is 0.0311. The first kappa shape index (κ1) is 12.6. The Hall–Kier alpha value is -1.42. The van der Waals surface area contributed by atoms with E-state index >= 15 is 0 Å². The third-order valence-electron chi connectivity index (χ3n) is 4.43. The predicted octanol–water partition coefficient (Wildman–Crippen LogP) is 2.23. The number of carbonyl (C=O) groups is 1. The fourth-order valence-electron chi connectivity index (χ4n) is 3.51. The lowest BCUT2D eigenvalue weighted by Gasteiger charge is -2.38. The second-order valence-corrected chi connectivity index (χ2v) is 5.79. The van der Waals surface area contributed by atoms with Crippen LogP contribution in [0, 0.1) is 12.7 Å². The second kappa shape index (κ2) is 4.60. The summed E-state index contributed by atoms with van der Waals surface area (Å²) in [5.41, 5.74) is 7.34. The minimum atomic E-state index is -0.352. The number of hydrogen-bond donors (Lipinski definition) is 1. The number of carbonyl (C=O) groups excluding carboxylic acids is 1. The van der Waals surface area contributed by atoms with Gasteiger partial charge < -0.3 is 10.6 Å². The van der Waals surface area contributed by atoms with Gasteiger partial charge in [0, 0.05) is 23.7 Å². The smallest absolute Gasteiger partial charge is 0.254 e. The Morgan fingerprint density at radius 2 is 1.95 bits per heavy atom. The molecule has 2 aliphatic heterocycles. The third-order valence-corrected chi connectivity index (χ3v) is 4.43. The molecule has 2 fully saturated rings. The summed E-state index contributed by atoms with van der Waals surface area (Å²) < 4.78 is 13.4. The number of halogens is 1. The zero-order valence-corrected chi connectivity index (χ0v) is 11.1. The first-order chi connectivity index (χ1) is 9.06. The lowest BCUT2D eigenvalue weighted by Crippen LogP contribution is -2.50. The minimum Gasteiger partial charge on any atom is -0.333 e. The van der Waals surface area contributed by atoms with E-state index in [4.69, 9.17) is 5.73 Å².